The number of rotatable bonds is 42. The molecule has 2 aliphatic heterocycles. The molecule has 0 bridgehead atoms. The topological polar surface area (TPSA) is 278 Å². The van der Waals surface area contributed by atoms with Crippen LogP contribution in [0.15, 0.2) is 65.8 Å². The zero-order valence-corrected chi connectivity index (χ0v) is 47.6. The third kappa shape index (κ3) is 23.0. The maximum absolute atomic E-state index is 15.2. The molecule has 2 aliphatic rings. The second-order valence-corrected chi connectivity index (χ2v) is 19.7. The molecule has 0 unspecified atom stereocenters. The number of urea groups is 1. The molecule has 2 aromatic carbocycles. The molecule has 0 spiro atoms. The van der Waals surface area contributed by atoms with E-state index >= 15 is 4.39 Å². The highest BCUT2D eigenvalue weighted by Gasteiger charge is 2.50. The number of hydrogen-bond donors (Lipinski definition) is 3. The van der Waals surface area contributed by atoms with Gasteiger partial charge in [-0.3, -0.25) is 38.5 Å². The number of benzene rings is 2. The van der Waals surface area contributed by atoms with E-state index in [0.717, 1.165) is 44.9 Å². The molecule has 3 atom stereocenters. The molecule has 450 valence electrons. The van der Waals surface area contributed by atoms with Crippen molar-refractivity contribution in [1.29, 1.82) is 0 Å². The molecule has 2 heterocycles. The number of primary amides is 1. The maximum Gasteiger partial charge on any atom is 0.365 e. The third-order valence-electron chi connectivity index (χ3n) is 12.3. The van der Waals surface area contributed by atoms with Crippen LogP contribution in [0.3, 0.4) is 0 Å². The second kappa shape index (κ2) is 37.2. The second-order valence-electron chi connectivity index (χ2n) is 18.5. The number of carbonyl (C=O) groups excluding carboxylic acids is 7. The standard InChI is InChI=1S/C54H78F2N8O16S/c1-39(2)49(52(70)62(40(3)50(57)69)20-9-18-54(41-10-7-6-8-11-41)64(53(71)61(4)72-5)60-51(81-54)43-38-42(55)12-13-44(43)56)59-46(66)17-22-73-24-26-75-28-30-77-32-34-79-36-37-80-35-33-78-31-29-76-27-25-74-23-19-58-45(65)16-21-63-47(67)14-15-48(63)68/h6-8,10-15,38-40,49H,9,16-37H2,1-5H3,(H2,57,69)(H,58,65)(H,59,66)/t40-,49-,54-/m0/s1. The molecular formula is C54H78F2N8O16S. The number of imide groups is 1. The van der Waals surface area contributed by atoms with E-state index in [4.69, 9.17) is 48.5 Å². The number of carbonyl (C=O) groups is 7. The molecule has 0 radical (unpaired) electrons. The largest absolute Gasteiger partial charge is 0.379 e. The zero-order chi connectivity index (χ0) is 59.0. The number of hydrogen-bond acceptors (Lipinski definition) is 18. The van der Waals surface area contributed by atoms with Gasteiger partial charge in [-0.1, -0.05) is 55.9 Å². The molecule has 4 N–H and O–H groups in total. The van der Waals surface area contributed by atoms with Crippen LogP contribution in [0.2, 0.25) is 0 Å². The van der Waals surface area contributed by atoms with Crippen molar-refractivity contribution in [3.8, 4) is 0 Å². The van der Waals surface area contributed by atoms with Crippen molar-refractivity contribution >= 4 is 58.3 Å². The number of hydrazone groups is 1. The van der Waals surface area contributed by atoms with E-state index in [2.05, 4.69) is 15.7 Å². The number of amides is 8. The fraction of sp³-hybridized carbons (Fsp3) is 0.593. The maximum atomic E-state index is 15.2. The van der Waals surface area contributed by atoms with E-state index in [0.29, 0.717) is 98.0 Å². The molecular weight excluding hydrogens is 1090 g/mol. The number of thioether (sulfide) groups is 1. The highest BCUT2D eigenvalue weighted by Crippen LogP contribution is 2.51. The molecule has 8 amide bonds. The summed E-state index contributed by atoms with van der Waals surface area (Å²) in [5.74, 6) is -4.76. The van der Waals surface area contributed by atoms with Crippen molar-refractivity contribution in [2.24, 2.45) is 16.8 Å². The van der Waals surface area contributed by atoms with Crippen LogP contribution < -0.4 is 16.4 Å². The molecule has 0 aromatic heterocycles. The zero-order valence-electron chi connectivity index (χ0n) is 46.8. The van der Waals surface area contributed by atoms with Gasteiger partial charge in [-0.05, 0) is 49.4 Å². The van der Waals surface area contributed by atoms with Gasteiger partial charge in [-0.15, -0.1) is 0 Å². The van der Waals surface area contributed by atoms with Crippen molar-refractivity contribution < 1.29 is 85.1 Å². The van der Waals surface area contributed by atoms with Crippen LogP contribution >= 0.6 is 11.8 Å². The molecule has 4 rings (SSSR count). The molecule has 81 heavy (non-hydrogen) atoms. The van der Waals surface area contributed by atoms with Crippen molar-refractivity contribution in [3.63, 3.8) is 0 Å². The van der Waals surface area contributed by atoms with Crippen LogP contribution in [0.25, 0.3) is 0 Å². The average molecular weight is 1170 g/mol. The lowest BCUT2D eigenvalue weighted by molar-refractivity contribution is -0.143. The minimum Gasteiger partial charge on any atom is -0.379 e. The van der Waals surface area contributed by atoms with Crippen molar-refractivity contribution in [2.75, 3.05) is 140 Å². The average Bonchev–Trinajstić information content (AvgIpc) is 4.01. The molecule has 24 nitrogen and oxygen atoms in total. The minimum absolute atomic E-state index is 0.0244. The van der Waals surface area contributed by atoms with Gasteiger partial charge in [0.1, 0.15) is 33.6 Å². The lowest BCUT2D eigenvalue weighted by Crippen LogP contribution is -2.56. The molecule has 0 saturated heterocycles. The quantitative estimate of drug-likeness (QED) is 0.0490. The van der Waals surface area contributed by atoms with Crippen LogP contribution in [0.1, 0.15) is 57.6 Å². The number of ether oxygens (including phenoxy) is 8. The molecule has 0 saturated carbocycles. The Hall–Kier alpha value is -6.01. The lowest BCUT2D eigenvalue weighted by atomic mass is 9.98. The summed E-state index contributed by atoms with van der Waals surface area (Å²) in [6, 6.07) is 8.93. The molecule has 2 aromatic rings. The van der Waals surface area contributed by atoms with Gasteiger partial charge in [-0.25, -0.2) is 18.6 Å². The Morgan fingerprint density at radius 2 is 1.23 bits per heavy atom. The molecule has 0 fully saturated rings. The number of nitrogens with one attached hydrogen (secondary N) is 2. The van der Waals surface area contributed by atoms with Crippen molar-refractivity contribution in [3.05, 3.63) is 83.4 Å². The van der Waals surface area contributed by atoms with Gasteiger partial charge in [0.25, 0.3) is 11.8 Å². The summed E-state index contributed by atoms with van der Waals surface area (Å²) in [4.78, 5) is 95.1. The Morgan fingerprint density at radius 1 is 0.716 bits per heavy atom. The van der Waals surface area contributed by atoms with Gasteiger partial charge in [0.15, 0.2) is 0 Å². The van der Waals surface area contributed by atoms with Crippen molar-refractivity contribution in [2.45, 2.75) is 63.4 Å². The Kier molecular flexibility index (Phi) is 31.0. The summed E-state index contributed by atoms with van der Waals surface area (Å²) in [6.45, 7) is 10.6. The Morgan fingerprint density at radius 3 is 1.74 bits per heavy atom. The highest BCUT2D eigenvalue weighted by atomic mass is 32.2. The molecule has 0 aliphatic carbocycles. The number of halogens is 2. The summed E-state index contributed by atoms with van der Waals surface area (Å²) in [6.07, 6.45) is 2.56. The SMILES string of the molecule is CON(C)C(=O)N1N=C(c2cc(F)ccc2F)S[C@@]1(CCCN(C(=O)[C@@H](NC(=O)CCOCCOCCOCCOCCOCCOCCOCCOCCNC(=O)CCN1C(=O)C=CC1=O)C(C)C)[C@@H](C)C(N)=O)c1ccccc1. The summed E-state index contributed by atoms with van der Waals surface area (Å²) in [5, 5.41) is 12.1. The summed E-state index contributed by atoms with van der Waals surface area (Å²) >= 11 is 1.04. The number of hydroxylamine groups is 2. The normalized spacial score (nSPS) is 15.8. The van der Waals surface area contributed by atoms with E-state index < -0.39 is 70.1 Å². The van der Waals surface area contributed by atoms with E-state index in [1.165, 1.54) is 38.1 Å². The van der Waals surface area contributed by atoms with Crippen LogP contribution in [0.5, 0.6) is 0 Å². The summed E-state index contributed by atoms with van der Waals surface area (Å²) in [5.41, 5.74) is 6.19. The third-order valence-corrected chi connectivity index (χ3v) is 13.8. The van der Waals surface area contributed by atoms with Crippen LogP contribution in [-0.4, -0.2) is 218 Å². The van der Waals surface area contributed by atoms with E-state index in [9.17, 15) is 38.0 Å². The Bertz CT molecular complexity index is 2360. The number of nitrogens with zero attached hydrogens (tertiary/aromatic N) is 5. The van der Waals surface area contributed by atoms with E-state index in [1.54, 1.807) is 44.2 Å². The first-order valence-electron chi connectivity index (χ1n) is 26.7. The van der Waals surface area contributed by atoms with E-state index in [1.807, 2.05) is 0 Å². The summed E-state index contributed by atoms with van der Waals surface area (Å²) in [7, 11) is 2.67. The first-order valence-corrected chi connectivity index (χ1v) is 27.5. The minimum atomic E-state index is -1.36. The first kappa shape index (κ1) is 67.5. The fourth-order valence-corrected chi connectivity index (χ4v) is 9.27. The predicted molar refractivity (Wildman–Crippen MR) is 292 cm³/mol. The predicted octanol–water partition coefficient (Wildman–Crippen LogP) is 2.72. The van der Waals surface area contributed by atoms with Gasteiger partial charge in [0, 0.05) is 57.2 Å². The van der Waals surface area contributed by atoms with Crippen LogP contribution in [0, 0.1) is 17.6 Å². The van der Waals surface area contributed by atoms with Gasteiger partial charge in [0.05, 0.1) is 113 Å². The number of nitrogens with two attached hydrogens (primary N) is 1. The van der Waals surface area contributed by atoms with E-state index in [-0.39, 0.29) is 75.1 Å². The van der Waals surface area contributed by atoms with Gasteiger partial charge in [-0.2, -0.15) is 10.1 Å². The highest BCUT2D eigenvalue weighted by molar-refractivity contribution is 8.15. The Labute approximate surface area is 475 Å². The van der Waals surface area contributed by atoms with Gasteiger partial charge >= 0.3 is 6.03 Å². The Balaban J connectivity index is 1.04. The lowest BCUT2D eigenvalue weighted by Gasteiger charge is -2.38. The van der Waals surface area contributed by atoms with Crippen molar-refractivity contribution in [1.82, 2.24) is 30.5 Å². The monoisotopic (exact) mass is 1160 g/mol. The van der Waals surface area contributed by atoms with Crippen LogP contribution in [0.4, 0.5) is 13.6 Å². The summed E-state index contributed by atoms with van der Waals surface area (Å²) < 4.78 is 73.7. The smallest absolute Gasteiger partial charge is 0.365 e. The first-order chi connectivity index (χ1) is 39.0. The molecule has 27 heteroatoms. The fourth-order valence-electron chi connectivity index (χ4n) is 7.85. The van der Waals surface area contributed by atoms with Gasteiger partial charge < -0.3 is 59.2 Å². The van der Waals surface area contributed by atoms with Gasteiger partial charge in [0.2, 0.25) is 23.6 Å². The van der Waals surface area contributed by atoms with Crippen LogP contribution in [-0.2, 0) is 76.4 Å².